The van der Waals surface area contributed by atoms with Crippen molar-refractivity contribution in [3.8, 4) is 0 Å². The van der Waals surface area contributed by atoms with Crippen LogP contribution in [0.1, 0.15) is 25.8 Å². The number of carbonyl (C=O) groups is 3. The second kappa shape index (κ2) is 13.4. The van der Waals surface area contributed by atoms with Gasteiger partial charge in [0.2, 0.25) is 0 Å². The van der Waals surface area contributed by atoms with E-state index in [-0.39, 0.29) is 25.1 Å². The normalized spacial score (nSPS) is 20.4. The largest absolute Gasteiger partial charge is 0.444 e. The zero-order chi connectivity index (χ0) is 27.8. The van der Waals surface area contributed by atoms with Crippen molar-refractivity contribution in [3.05, 3.63) is 66.2 Å². The highest BCUT2D eigenvalue weighted by Crippen LogP contribution is 2.23. The minimum atomic E-state index is -1.11. The molecule has 2 saturated heterocycles. The number of para-hydroxylation sites is 1. The van der Waals surface area contributed by atoms with Gasteiger partial charge in [-0.3, -0.25) is 9.69 Å². The number of cyclic esters (lactones) is 1. The lowest BCUT2D eigenvalue weighted by atomic mass is 10.0. The maximum absolute atomic E-state index is 13.6. The van der Waals surface area contributed by atoms with E-state index in [9.17, 15) is 19.5 Å². The van der Waals surface area contributed by atoms with E-state index in [0.29, 0.717) is 38.3 Å². The molecule has 4 rings (SSSR count). The van der Waals surface area contributed by atoms with Gasteiger partial charge in [0, 0.05) is 25.2 Å². The van der Waals surface area contributed by atoms with E-state index in [1.54, 1.807) is 12.1 Å². The van der Waals surface area contributed by atoms with E-state index in [1.165, 1.54) is 9.80 Å². The molecule has 2 fully saturated rings. The summed E-state index contributed by atoms with van der Waals surface area (Å²) in [5.41, 5.74) is 1.56. The van der Waals surface area contributed by atoms with Gasteiger partial charge < -0.3 is 29.5 Å². The number of carbonyl (C=O) groups excluding carboxylic acids is 3. The number of amides is 3. The van der Waals surface area contributed by atoms with E-state index in [0.717, 1.165) is 5.56 Å². The van der Waals surface area contributed by atoms with Gasteiger partial charge in [-0.2, -0.15) is 0 Å². The van der Waals surface area contributed by atoms with Crippen LogP contribution in [-0.4, -0.2) is 85.3 Å². The molecule has 2 N–H and O–H groups in total. The number of nitrogens with one attached hydrogen (secondary N) is 1. The number of nitrogens with zero attached hydrogens (tertiary/aromatic N) is 2. The van der Waals surface area contributed by atoms with Crippen LogP contribution in [0.4, 0.5) is 15.3 Å². The van der Waals surface area contributed by atoms with Crippen LogP contribution < -0.4 is 10.2 Å². The molecular weight excluding hydrogens is 502 g/mol. The summed E-state index contributed by atoms with van der Waals surface area (Å²) >= 11 is 0. The molecule has 3 amide bonds. The van der Waals surface area contributed by atoms with Crippen molar-refractivity contribution >= 4 is 23.8 Å². The molecule has 0 saturated carbocycles. The minimum Gasteiger partial charge on any atom is -0.444 e. The molecule has 4 atom stereocenters. The monoisotopic (exact) mass is 539 g/mol. The highest BCUT2D eigenvalue weighted by Gasteiger charge is 2.40. The molecular formula is C29H37N3O7. The number of benzene rings is 2. The van der Waals surface area contributed by atoms with Crippen molar-refractivity contribution in [1.29, 1.82) is 0 Å². The average Bonchev–Trinajstić information content (AvgIpc) is 3.57. The molecule has 39 heavy (non-hydrogen) atoms. The third kappa shape index (κ3) is 7.93. The van der Waals surface area contributed by atoms with Crippen molar-refractivity contribution in [2.24, 2.45) is 5.92 Å². The van der Waals surface area contributed by atoms with Crippen molar-refractivity contribution in [1.82, 2.24) is 10.2 Å². The van der Waals surface area contributed by atoms with Crippen molar-refractivity contribution < 1.29 is 33.7 Å². The third-order valence-corrected chi connectivity index (χ3v) is 6.69. The molecule has 0 aliphatic carbocycles. The lowest BCUT2D eigenvalue weighted by Gasteiger charge is -2.32. The summed E-state index contributed by atoms with van der Waals surface area (Å²) in [6.07, 6.45) is -2.72. The van der Waals surface area contributed by atoms with Gasteiger partial charge in [-0.25, -0.2) is 9.59 Å². The molecule has 210 valence electrons. The zero-order valence-electron chi connectivity index (χ0n) is 22.4. The van der Waals surface area contributed by atoms with Crippen LogP contribution >= 0.6 is 0 Å². The number of ether oxygens (including phenoxy) is 3. The molecule has 0 radical (unpaired) electrons. The number of rotatable bonds is 11. The predicted molar refractivity (Wildman–Crippen MR) is 144 cm³/mol. The maximum atomic E-state index is 13.6. The molecule has 10 heteroatoms. The molecule has 3 unspecified atom stereocenters. The molecule has 2 aromatic carbocycles. The van der Waals surface area contributed by atoms with Gasteiger partial charge in [0.25, 0.3) is 5.91 Å². The van der Waals surface area contributed by atoms with Crippen molar-refractivity contribution in [2.75, 3.05) is 37.7 Å². The Kier molecular flexibility index (Phi) is 9.78. The number of aliphatic hydroxyl groups is 1. The number of aliphatic hydroxyl groups excluding tert-OH is 1. The predicted octanol–water partition coefficient (Wildman–Crippen LogP) is 2.98. The Balaban J connectivity index is 1.46. The second-order valence-electron chi connectivity index (χ2n) is 10.4. The molecule has 0 bridgehead atoms. The Hall–Kier alpha value is -3.63. The van der Waals surface area contributed by atoms with Crippen molar-refractivity contribution in [2.45, 2.75) is 51.0 Å². The van der Waals surface area contributed by atoms with Gasteiger partial charge in [0.15, 0.2) is 6.10 Å². The first-order valence-electron chi connectivity index (χ1n) is 13.4. The van der Waals surface area contributed by atoms with Crippen LogP contribution in [0.5, 0.6) is 0 Å². The summed E-state index contributed by atoms with van der Waals surface area (Å²) < 4.78 is 16.2. The lowest BCUT2D eigenvalue weighted by molar-refractivity contribution is -0.140. The number of alkyl carbamates (subject to hydrolysis) is 1. The quantitative estimate of drug-likeness (QED) is 0.451. The topological polar surface area (TPSA) is 118 Å². The first-order chi connectivity index (χ1) is 18.8. The summed E-state index contributed by atoms with van der Waals surface area (Å²) in [6.45, 7) is 5.17. The van der Waals surface area contributed by atoms with E-state index in [2.05, 4.69) is 5.32 Å². The van der Waals surface area contributed by atoms with E-state index >= 15 is 0 Å². The van der Waals surface area contributed by atoms with E-state index in [4.69, 9.17) is 14.2 Å². The lowest BCUT2D eigenvalue weighted by Crippen LogP contribution is -2.53. The summed E-state index contributed by atoms with van der Waals surface area (Å²) in [7, 11) is 0. The summed E-state index contributed by atoms with van der Waals surface area (Å²) in [5.74, 6) is -0.296. The Morgan fingerprint density at radius 1 is 1.10 bits per heavy atom. The summed E-state index contributed by atoms with van der Waals surface area (Å²) in [6, 6.07) is 17.8. The van der Waals surface area contributed by atoms with Crippen LogP contribution in [0.2, 0.25) is 0 Å². The molecule has 2 aliphatic heterocycles. The highest BCUT2D eigenvalue weighted by molar-refractivity contribution is 5.95. The van der Waals surface area contributed by atoms with Crippen LogP contribution in [0.25, 0.3) is 0 Å². The minimum absolute atomic E-state index is 0.0548. The fourth-order valence-electron chi connectivity index (χ4n) is 4.76. The van der Waals surface area contributed by atoms with Crippen LogP contribution in [-0.2, 0) is 25.4 Å². The first kappa shape index (κ1) is 28.4. The van der Waals surface area contributed by atoms with E-state index in [1.807, 2.05) is 62.4 Å². The zero-order valence-corrected chi connectivity index (χ0v) is 22.4. The second-order valence-corrected chi connectivity index (χ2v) is 10.4. The molecule has 10 nitrogen and oxygen atoms in total. The summed E-state index contributed by atoms with van der Waals surface area (Å²) in [4.78, 5) is 41.7. The standard InChI is InChI=1S/C29H37N3O7/c1-20(2)16-31(27(34)26-18-32(29(36)39-26)22-11-7-4-8-12-22)17-25(33)24(15-21-9-5-3-6-10-21)30-28(35)38-23-13-14-37-19-23/h3-12,20,23-26,33H,13-19H2,1-2H3,(H,30,35)/t23?,24?,25?,26-/m0/s1. The van der Waals surface area contributed by atoms with E-state index < -0.39 is 36.3 Å². The van der Waals surface area contributed by atoms with Crippen LogP contribution in [0, 0.1) is 5.92 Å². The Labute approximate surface area is 228 Å². The van der Waals surface area contributed by atoms with Crippen LogP contribution in [0.15, 0.2) is 60.7 Å². The number of anilines is 1. The number of hydrogen-bond acceptors (Lipinski definition) is 7. The SMILES string of the molecule is CC(C)CN(CC(O)C(Cc1ccccc1)NC(=O)OC1CCOC1)C(=O)[C@@H]1CN(c2ccccc2)C(=O)O1. The number of hydrogen-bond donors (Lipinski definition) is 2. The Morgan fingerprint density at radius 2 is 1.79 bits per heavy atom. The van der Waals surface area contributed by atoms with Crippen molar-refractivity contribution in [3.63, 3.8) is 0 Å². The maximum Gasteiger partial charge on any atom is 0.415 e. The van der Waals surface area contributed by atoms with Gasteiger partial charge in [-0.15, -0.1) is 0 Å². The molecule has 2 aromatic rings. The molecule has 0 spiro atoms. The fourth-order valence-corrected chi connectivity index (χ4v) is 4.76. The van der Waals surface area contributed by atoms with Gasteiger partial charge in [0.05, 0.1) is 31.9 Å². The third-order valence-electron chi connectivity index (χ3n) is 6.69. The smallest absolute Gasteiger partial charge is 0.415 e. The fraction of sp³-hybridized carbons (Fsp3) is 0.483. The Morgan fingerprint density at radius 3 is 2.44 bits per heavy atom. The first-order valence-corrected chi connectivity index (χ1v) is 13.4. The highest BCUT2D eigenvalue weighted by atomic mass is 16.6. The van der Waals surface area contributed by atoms with Crippen LogP contribution in [0.3, 0.4) is 0 Å². The van der Waals surface area contributed by atoms with Gasteiger partial charge in [-0.1, -0.05) is 62.4 Å². The average molecular weight is 540 g/mol. The molecule has 2 aliphatic rings. The Bertz CT molecular complexity index is 1090. The van der Waals surface area contributed by atoms with Gasteiger partial charge in [0.1, 0.15) is 6.10 Å². The molecule has 2 heterocycles. The van der Waals surface area contributed by atoms with Gasteiger partial charge in [-0.05, 0) is 30.0 Å². The van der Waals surface area contributed by atoms with Gasteiger partial charge >= 0.3 is 12.2 Å². The molecule has 0 aromatic heterocycles. The summed E-state index contributed by atoms with van der Waals surface area (Å²) in [5, 5.41) is 14.1.